The Morgan fingerprint density at radius 1 is 1.25 bits per heavy atom. The lowest BCUT2D eigenvalue weighted by molar-refractivity contribution is -0.115. The van der Waals surface area contributed by atoms with Crippen molar-refractivity contribution in [1.82, 2.24) is 0 Å². The zero-order chi connectivity index (χ0) is 14.8. The number of nitrogens with one attached hydrogen (secondary N) is 1. The van der Waals surface area contributed by atoms with E-state index in [2.05, 4.69) is 5.32 Å². The zero-order valence-electron chi connectivity index (χ0n) is 10.3. The Labute approximate surface area is 136 Å². The number of hydrogen-bond acceptors (Lipinski definition) is 3. The van der Waals surface area contributed by atoms with Gasteiger partial charge in [-0.15, -0.1) is 0 Å². The maximum absolute atomic E-state index is 11.8. The van der Waals surface area contributed by atoms with Gasteiger partial charge in [-0.05, 0) is 12.1 Å². The molecule has 0 aromatic heterocycles. The highest BCUT2D eigenvalue weighted by atomic mass is 35.6. The molecule has 1 aliphatic rings. The summed E-state index contributed by atoms with van der Waals surface area (Å²) in [6, 6.07) is 5.18. The highest BCUT2D eigenvalue weighted by Crippen LogP contribution is 2.36. The van der Waals surface area contributed by atoms with Crippen LogP contribution in [0.25, 0.3) is 0 Å². The molecule has 20 heavy (non-hydrogen) atoms. The van der Waals surface area contributed by atoms with Crippen LogP contribution in [0.3, 0.4) is 0 Å². The van der Waals surface area contributed by atoms with Crippen molar-refractivity contribution >= 4 is 63.7 Å². The molecule has 1 saturated heterocycles. The molecule has 2 rings (SSSR count). The molecule has 1 fully saturated rings. The molecule has 1 N–H and O–H groups in total. The lowest BCUT2D eigenvalue weighted by Gasteiger charge is -2.31. The van der Waals surface area contributed by atoms with Crippen LogP contribution in [-0.4, -0.2) is 36.0 Å². The molecule has 0 radical (unpaired) electrons. The molecule has 1 aliphatic heterocycles. The van der Waals surface area contributed by atoms with E-state index in [1.165, 1.54) is 0 Å². The second kappa shape index (κ2) is 6.58. The number of benzene rings is 1. The molecule has 0 unspecified atom stereocenters. The highest BCUT2D eigenvalue weighted by molar-refractivity contribution is 6.76. The van der Waals surface area contributed by atoms with Gasteiger partial charge in [-0.25, -0.2) is 0 Å². The van der Waals surface area contributed by atoms with Gasteiger partial charge in [0.1, 0.15) is 0 Å². The summed E-state index contributed by atoms with van der Waals surface area (Å²) in [6.07, 6.45) is 0. The van der Waals surface area contributed by atoms with E-state index in [1.807, 2.05) is 4.90 Å². The van der Waals surface area contributed by atoms with Crippen molar-refractivity contribution < 1.29 is 9.53 Å². The van der Waals surface area contributed by atoms with Crippen LogP contribution in [0.1, 0.15) is 0 Å². The summed E-state index contributed by atoms with van der Waals surface area (Å²) in [6.45, 7) is 2.56. The van der Waals surface area contributed by atoms with E-state index < -0.39 is 9.70 Å². The van der Waals surface area contributed by atoms with E-state index in [1.54, 1.807) is 18.2 Å². The van der Waals surface area contributed by atoms with Crippen LogP contribution < -0.4 is 10.2 Å². The largest absolute Gasteiger partial charge is 0.378 e. The Hall–Kier alpha value is -0.390. The molecule has 1 amide bonds. The average molecular weight is 358 g/mol. The SMILES string of the molecule is O=C(Nc1cccc(Cl)c1N1CCOCC1)C(Cl)(Cl)Cl. The van der Waals surface area contributed by atoms with Gasteiger partial charge in [-0.1, -0.05) is 52.5 Å². The maximum Gasteiger partial charge on any atom is 0.276 e. The van der Waals surface area contributed by atoms with Crippen LogP contribution in [0.15, 0.2) is 18.2 Å². The number of amides is 1. The normalized spacial score (nSPS) is 16.1. The fourth-order valence-corrected chi connectivity index (χ4v) is 2.35. The Kier molecular flexibility index (Phi) is 5.26. The van der Waals surface area contributed by atoms with Crippen molar-refractivity contribution in [2.24, 2.45) is 0 Å². The van der Waals surface area contributed by atoms with Gasteiger partial charge < -0.3 is 15.0 Å². The minimum atomic E-state index is -2.02. The standard InChI is InChI=1S/C12H12Cl4N2O2/c13-8-2-1-3-9(17-11(19)12(14,15)16)10(8)18-4-6-20-7-5-18/h1-3H,4-7H2,(H,17,19). The second-order valence-corrected chi connectivity index (χ2v) is 6.88. The molecule has 0 bridgehead atoms. The molecule has 0 atom stereocenters. The van der Waals surface area contributed by atoms with Gasteiger partial charge in [0, 0.05) is 13.1 Å². The van der Waals surface area contributed by atoms with Crippen molar-refractivity contribution in [3.05, 3.63) is 23.2 Å². The number of hydrogen-bond donors (Lipinski definition) is 1. The Morgan fingerprint density at radius 2 is 1.90 bits per heavy atom. The smallest absolute Gasteiger partial charge is 0.276 e. The molecular formula is C12H12Cl4N2O2. The van der Waals surface area contributed by atoms with Gasteiger partial charge in [0.05, 0.1) is 29.6 Å². The van der Waals surface area contributed by atoms with Crippen molar-refractivity contribution in [3.63, 3.8) is 0 Å². The highest BCUT2D eigenvalue weighted by Gasteiger charge is 2.31. The van der Waals surface area contributed by atoms with E-state index in [4.69, 9.17) is 51.1 Å². The number of carbonyl (C=O) groups is 1. The third kappa shape index (κ3) is 3.83. The third-order valence-corrected chi connectivity index (χ3v) is 3.64. The summed E-state index contributed by atoms with van der Waals surface area (Å²) in [7, 11) is 0. The summed E-state index contributed by atoms with van der Waals surface area (Å²) in [5.41, 5.74) is 1.22. The van der Waals surface area contributed by atoms with E-state index in [9.17, 15) is 4.79 Å². The number of halogens is 4. The number of carbonyl (C=O) groups excluding carboxylic acids is 1. The first-order valence-corrected chi connectivity index (χ1v) is 7.40. The number of alkyl halides is 3. The second-order valence-electron chi connectivity index (χ2n) is 4.19. The molecule has 110 valence electrons. The minimum Gasteiger partial charge on any atom is -0.378 e. The Morgan fingerprint density at radius 3 is 2.50 bits per heavy atom. The predicted molar refractivity (Wildman–Crippen MR) is 83.4 cm³/mol. The molecule has 1 aromatic rings. The van der Waals surface area contributed by atoms with Crippen molar-refractivity contribution in [2.75, 3.05) is 36.5 Å². The first-order valence-electron chi connectivity index (χ1n) is 5.89. The van der Waals surface area contributed by atoms with Crippen molar-refractivity contribution in [1.29, 1.82) is 0 Å². The molecule has 1 heterocycles. The molecule has 0 saturated carbocycles. The van der Waals surface area contributed by atoms with E-state index in [0.29, 0.717) is 42.7 Å². The monoisotopic (exact) mass is 356 g/mol. The fourth-order valence-electron chi connectivity index (χ4n) is 1.92. The summed E-state index contributed by atoms with van der Waals surface area (Å²) in [5.74, 6) is -0.723. The lowest BCUT2D eigenvalue weighted by atomic mass is 10.2. The molecular weight excluding hydrogens is 346 g/mol. The molecule has 1 aromatic carbocycles. The number of anilines is 2. The third-order valence-electron chi connectivity index (χ3n) is 2.82. The van der Waals surface area contributed by atoms with Gasteiger partial charge in [0.2, 0.25) is 0 Å². The van der Waals surface area contributed by atoms with Gasteiger partial charge in [-0.2, -0.15) is 0 Å². The number of morpholine rings is 1. The number of para-hydroxylation sites is 1. The van der Waals surface area contributed by atoms with Crippen LogP contribution in [0.4, 0.5) is 11.4 Å². The van der Waals surface area contributed by atoms with Gasteiger partial charge >= 0.3 is 0 Å². The number of ether oxygens (including phenoxy) is 1. The summed E-state index contributed by atoms with van der Waals surface area (Å²) in [5, 5.41) is 3.11. The molecule has 8 heteroatoms. The topological polar surface area (TPSA) is 41.6 Å². The zero-order valence-corrected chi connectivity index (χ0v) is 13.4. The van der Waals surface area contributed by atoms with Gasteiger partial charge in [0.25, 0.3) is 9.70 Å². The number of rotatable bonds is 2. The average Bonchev–Trinajstić information content (AvgIpc) is 2.39. The van der Waals surface area contributed by atoms with E-state index in [-0.39, 0.29) is 0 Å². The Bertz CT molecular complexity index is 499. The first-order chi connectivity index (χ1) is 9.39. The Balaban J connectivity index is 2.28. The quantitative estimate of drug-likeness (QED) is 0.824. The van der Waals surface area contributed by atoms with Crippen molar-refractivity contribution in [3.8, 4) is 0 Å². The fraction of sp³-hybridized carbons (Fsp3) is 0.417. The first kappa shape index (κ1) is 16.0. The van der Waals surface area contributed by atoms with Crippen LogP contribution in [0, 0.1) is 0 Å². The van der Waals surface area contributed by atoms with Crippen molar-refractivity contribution in [2.45, 2.75) is 3.79 Å². The summed E-state index contributed by atoms with van der Waals surface area (Å²) < 4.78 is 3.28. The summed E-state index contributed by atoms with van der Waals surface area (Å²) in [4.78, 5) is 13.8. The van der Waals surface area contributed by atoms with Crippen LogP contribution in [-0.2, 0) is 9.53 Å². The minimum absolute atomic E-state index is 0.510. The van der Waals surface area contributed by atoms with E-state index >= 15 is 0 Å². The van der Waals surface area contributed by atoms with Gasteiger partial charge in [-0.3, -0.25) is 4.79 Å². The van der Waals surface area contributed by atoms with Crippen LogP contribution in [0.5, 0.6) is 0 Å². The molecule has 0 spiro atoms. The van der Waals surface area contributed by atoms with Crippen LogP contribution in [0.2, 0.25) is 5.02 Å². The summed E-state index contributed by atoms with van der Waals surface area (Å²) >= 11 is 22.9. The van der Waals surface area contributed by atoms with E-state index in [0.717, 1.165) is 0 Å². The van der Waals surface area contributed by atoms with Gasteiger partial charge in [0.15, 0.2) is 0 Å². The molecule has 4 nitrogen and oxygen atoms in total. The predicted octanol–water partition coefficient (Wildman–Crippen LogP) is 3.49. The number of nitrogens with zero attached hydrogens (tertiary/aromatic N) is 1. The van der Waals surface area contributed by atoms with Crippen LogP contribution >= 0.6 is 46.4 Å². The lowest BCUT2D eigenvalue weighted by Crippen LogP contribution is -2.37. The maximum atomic E-state index is 11.8. The molecule has 0 aliphatic carbocycles.